The Labute approximate surface area is 112 Å². The van der Waals surface area contributed by atoms with E-state index in [9.17, 15) is 0 Å². The number of imidazole rings is 1. The molecule has 3 nitrogen and oxygen atoms in total. The highest BCUT2D eigenvalue weighted by molar-refractivity contribution is 6.31. The van der Waals surface area contributed by atoms with Crippen molar-refractivity contribution >= 4 is 11.6 Å². The van der Waals surface area contributed by atoms with Crippen LogP contribution in [0.5, 0.6) is 0 Å². The first kappa shape index (κ1) is 11.8. The molecule has 3 rings (SSSR count). The van der Waals surface area contributed by atoms with E-state index < -0.39 is 0 Å². The van der Waals surface area contributed by atoms with Gasteiger partial charge in [-0.05, 0) is 37.8 Å². The van der Waals surface area contributed by atoms with Crippen LogP contribution in [0.2, 0.25) is 5.02 Å². The minimum absolute atomic E-state index is 0.446. The van der Waals surface area contributed by atoms with Crippen molar-refractivity contribution in [3.8, 4) is 5.69 Å². The molecule has 1 aromatic heterocycles. The van der Waals surface area contributed by atoms with E-state index in [1.165, 1.54) is 24.2 Å². The molecule has 4 heteroatoms. The molecule has 18 heavy (non-hydrogen) atoms. The SMILES string of the molecule is NCc1c(Cl)cccc1-n1cnc2c1CCCC2. The molecule has 1 heterocycles. The average molecular weight is 262 g/mol. The maximum Gasteiger partial charge on any atom is 0.0997 e. The molecular formula is C14H16ClN3. The molecule has 1 aliphatic rings. The molecule has 0 spiro atoms. The van der Waals surface area contributed by atoms with Gasteiger partial charge in [-0.1, -0.05) is 17.7 Å². The van der Waals surface area contributed by atoms with Crippen LogP contribution in [-0.4, -0.2) is 9.55 Å². The molecule has 0 bridgehead atoms. The highest BCUT2D eigenvalue weighted by Crippen LogP contribution is 2.27. The third-order valence-electron chi connectivity index (χ3n) is 3.59. The Morgan fingerprint density at radius 2 is 2.11 bits per heavy atom. The van der Waals surface area contributed by atoms with Crippen LogP contribution in [0.25, 0.3) is 5.69 Å². The van der Waals surface area contributed by atoms with Gasteiger partial charge in [0, 0.05) is 22.8 Å². The zero-order valence-corrected chi connectivity index (χ0v) is 11.0. The monoisotopic (exact) mass is 261 g/mol. The Morgan fingerprint density at radius 1 is 1.28 bits per heavy atom. The molecule has 0 saturated heterocycles. The van der Waals surface area contributed by atoms with E-state index in [1.807, 2.05) is 18.5 Å². The van der Waals surface area contributed by atoms with E-state index in [2.05, 4.69) is 15.6 Å². The molecule has 0 saturated carbocycles. The van der Waals surface area contributed by atoms with E-state index >= 15 is 0 Å². The van der Waals surface area contributed by atoms with Gasteiger partial charge >= 0.3 is 0 Å². The fourth-order valence-corrected chi connectivity index (χ4v) is 2.90. The molecule has 2 N–H and O–H groups in total. The van der Waals surface area contributed by atoms with Gasteiger partial charge in [-0.25, -0.2) is 4.98 Å². The van der Waals surface area contributed by atoms with Crippen LogP contribution >= 0.6 is 11.6 Å². The molecular weight excluding hydrogens is 246 g/mol. The zero-order chi connectivity index (χ0) is 12.5. The fraction of sp³-hybridized carbons (Fsp3) is 0.357. The van der Waals surface area contributed by atoms with Gasteiger partial charge in [0.25, 0.3) is 0 Å². The van der Waals surface area contributed by atoms with E-state index in [0.717, 1.165) is 29.1 Å². The Balaban J connectivity index is 2.15. The number of nitrogens with two attached hydrogens (primary N) is 1. The number of hydrogen-bond donors (Lipinski definition) is 1. The van der Waals surface area contributed by atoms with Crippen LogP contribution in [0.1, 0.15) is 29.8 Å². The van der Waals surface area contributed by atoms with Gasteiger partial charge < -0.3 is 10.3 Å². The molecule has 0 atom stereocenters. The summed E-state index contributed by atoms with van der Waals surface area (Å²) in [6.45, 7) is 0.446. The van der Waals surface area contributed by atoms with Gasteiger partial charge in [0.1, 0.15) is 0 Å². The van der Waals surface area contributed by atoms with Gasteiger partial charge in [-0.15, -0.1) is 0 Å². The number of nitrogens with zero attached hydrogens (tertiary/aromatic N) is 2. The fourth-order valence-electron chi connectivity index (χ4n) is 2.65. The minimum Gasteiger partial charge on any atom is -0.326 e. The molecule has 0 aliphatic heterocycles. The molecule has 0 radical (unpaired) electrons. The predicted molar refractivity (Wildman–Crippen MR) is 73.1 cm³/mol. The lowest BCUT2D eigenvalue weighted by Crippen LogP contribution is -2.10. The van der Waals surface area contributed by atoms with Crippen LogP contribution in [0.4, 0.5) is 0 Å². The van der Waals surface area contributed by atoms with Gasteiger partial charge in [-0.3, -0.25) is 0 Å². The van der Waals surface area contributed by atoms with Gasteiger partial charge in [-0.2, -0.15) is 0 Å². The number of benzene rings is 1. The van der Waals surface area contributed by atoms with Crippen LogP contribution in [0.15, 0.2) is 24.5 Å². The highest BCUT2D eigenvalue weighted by atomic mass is 35.5. The first-order chi connectivity index (χ1) is 8.81. The summed E-state index contributed by atoms with van der Waals surface area (Å²) >= 11 is 6.22. The number of aryl methyl sites for hydroxylation is 1. The van der Waals surface area contributed by atoms with Gasteiger partial charge in [0.05, 0.1) is 17.7 Å². The summed E-state index contributed by atoms with van der Waals surface area (Å²) in [7, 11) is 0. The molecule has 0 unspecified atom stereocenters. The third kappa shape index (κ3) is 1.84. The van der Waals surface area contributed by atoms with Crippen molar-refractivity contribution in [2.45, 2.75) is 32.2 Å². The maximum atomic E-state index is 6.22. The van der Waals surface area contributed by atoms with Gasteiger partial charge in [0.15, 0.2) is 0 Å². The number of fused-ring (bicyclic) bond motifs is 1. The van der Waals surface area contributed by atoms with Crippen molar-refractivity contribution in [1.29, 1.82) is 0 Å². The highest BCUT2D eigenvalue weighted by Gasteiger charge is 2.17. The Hall–Kier alpha value is -1.32. The number of aromatic nitrogens is 2. The molecule has 94 valence electrons. The van der Waals surface area contributed by atoms with Crippen molar-refractivity contribution < 1.29 is 0 Å². The average Bonchev–Trinajstić information content (AvgIpc) is 2.82. The summed E-state index contributed by atoms with van der Waals surface area (Å²) in [4.78, 5) is 4.52. The topological polar surface area (TPSA) is 43.8 Å². The van der Waals surface area contributed by atoms with E-state index in [-0.39, 0.29) is 0 Å². The summed E-state index contributed by atoms with van der Waals surface area (Å²) in [5.74, 6) is 0. The minimum atomic E-state index is 0.446. The van der Waals surface area contributed by atoms with Crippen LogP contribution in [0, 0.1) is 0 Å². The van der Waals surface area contributed by atoms with Crippen molar-refractivity contribution in [1.82, 2.24) is 9.55 Å². The first-order valence-corrected chi connectivity index (χ1v) is 6.72. The number of hydrogen-bond acceptors (Lipinski definition) is 2. The molecule has 0 fully saturated rings. The number of halogens is 1. The molecule has 0 amide bonds. The standard InChI is InChI=1S/C14H16ClN3/c15-11-4-3-7-13(10(11)8-16)18-9-17-12-5-1-2-6-14(12)18/h3-4,7,9H,1-2,5-6,8,16H2. The van der Waals surface area contributed by atoms with Crippen molar-refractivity contribution in [3.05, 3.63) is 46.5 Å². The van der Waals surface area contributed by atoms with E-state index in [4.69, 9.17) is 17.3 Å². The van der Waals surface area contributed by atoms with Crippen molar-refractivity contribution in [2.24, 2.45) is 5.73 Å². The lowest BCUT2D eigenvalue weighted by molar-refractivity contribution is 0.655. The number of rotatable bonds is 2. The second kappa shape index (κ2) is 4.75. The summed E-state index contributed by atoms with van der Waals surface area (Å²) in [6, 6.07) is 5.91. The van der Waals surface area contributed by atoms with Crippen molar-refractivity contribution in [3.63, 3.8) is 0 Å². The Bertz CT molecular complexity index is 574. The third-order valence-corrected chi connectivity index (χ3v) is 3.94. The van der Waals surface area contributed by atoms with E-state index in [0.29, 0.717) is 6.54 Å². The summed E-state index contributed by atoms with van der Waals surface area (Å²) in [6.07, 6.45) is 6.55. The summed E-state index contributed by atoms with van der Waals surface area (Å²) in [5, 5.41) is 0.730. The molecule has 1 aliphatic carbocycles. The zero-order valence-electron chi connectivity index (χ0n) is 10.2. The predicted octanol–water partition coefficient (Wildman–Crippen LogP) is 2.86. The summed E-state index contributed by atoms with van der Waals surface area (Å²) < 4.78 is 2.16. The van der Waals surface area contributed by atoms with Crippen LogP contribution in [0.3, 0.4) is 0 Å². The molecule has 1 aromatic carbocycles. The van der Waals surface area contributed by atoms with Gasteiger partial charge in [0.2, 0.25) is 0 Å². The molecule has 2 aromatic rings. The van der Waals surface area contributed by atoms with Crippen LogP contribution in [-0.2, 0) is 19.4 Å². The largest absolute Gasteiger partial charge is 0.326 e. The lowest BCUT2D eigenvalue weighted by Gasteiger charge is -2.16. The normalized spacial score (nSPS) is 14.6. The van der Waals surface area contributed by atoms with Crippen LogP contribution < -0.4 is 5.73 Å². The second-order valence-electron chi connectivity index (χ2n) is 4.66. The lowest BCUT2D eigenvalue weighted by atomic mass is 10.0. The Morgan fingerprint density at radius 3 is 2.94 bits per heavy atom. The smallest absolute Gasteiger partial charge is 0.0997 e. The first-order valence-electron chi connectivity index (χ1n) is 6.34. The maximum absolute atomic E-state index is 6.22. The van der Waals surface area contributed by atoms with E-state index in [1.54, 1.807) is 0 Å². The second-order valence-corrected chi connectivity index (χ2v) is 5.06. The van der Waals surface area contributed by atoms with Crippen molar-refractivity contribution in [2.75, 3.05) is 0 Å². The Kier molecular flexibility index (Phi) is 3.10. The summed E-state index contributed by atoms with van der Waals surface area (Å²) in [5.41, 5.74) is 10.4. The quantitative estimate of drug-likeness (QED) is 0.903.